The van der Waals surface area contributed by atoms with Crippen molar-refractivity contribution >= 4 is 10.1 Å². The molecule has 0 bridgehead atoms. The van der Waals surface area contributed by atoms with E-state index in [1.807, 2.05) is 13.8 Å². The number of benzene rings is 1. The zero-order valence-corrected chi connectivity index (χ0v) is 13.6. The van der Waals surface area contributed by atoms with Crippen molar-refractivity contribution in [3.8, 4) is 0 Å². The minimum Gasteiger partial charge on any atom is -0.392 e. The highest BCUT2D eigenvalue weighted by molar-refractivity contribution is 7.86. The molecule has 5 heteroatoms. The van der Waals surface area contributed by atoms with Crippen molar-refractivity contribution in [2.24, 2.45) is 11.8 Å². The zero-order valence-electron chi connectivity index (χ0n) is 12.8. The quantitative estimate of drug-likeness (QED) is 0.592. The monoisotopic (exact) mass is 312 g/mol. The molecule has 0 heterocycles. The molecule has 21 heavy (non-hydrogen) atoms. The average Bonchev–Trinajstić information content (AvgIpc) is 2.46. The molecule has 0 unspecified atom stereocenters. The van der Waals surface area contributed by atoms with Crippen molar-refractivity contribution in [1.29, 1.82) is 0 Å². The Labute approximate surface area is 127 Å². The van der Waals surface area contributed by atoms with Gasteiger partial charge in [-0.05, 0) is 25.5 Å². The SMILES string of the molecule is C=C[C@H](CC)[C@@H](O)[C@@H](C)COS(=O)(=O)c1ccc(C)cc1. The Morgan fingerprint density at radius 2 is 1.90 bits per heavy atom. The van der Waals surface area contributed by atoms with E-state index in [4.69, 9.17) is 4.18 Å². The maximum atomic E-state index is 12.1. The zero-order chi connectivity index (χ0) is 16.0. The molecule has 118 valence electrons. The van der Waals surface area contributed by atoms with Gasteiger partial charge in [0.25, 0.3) is 10.1 Å². The highest BCUT2D eigenvalue weighted by Crippen LogP contribution is 2.20. The molecule has 0 spiro atoms. The molecule has 1 N–H and O–H groups in total. The number of hydrogen-bond acceptors (Lipinski definition) is 4. The first-order valence-corrected chi connectivity index (χ1v) is 8.49. The summed E-state index contributed by atoms with van der Waals surface area (Å²) in [5, 5.41) is 10.1. The largest absolute Gasteiger partial charge is 0.392 e. The molecule has 0 radical (unpaired) electrons. The van der Waals surface area contributed by atoms with Crippen LogP contribution in [0.5, 0.6) is 0 Å². The van der Waals surface area contributed by atoms with Crippen molar-refractivity contribution in [3.63, 3.8) is 0 Å². The lowest BCUT2D eigenvalue weighted by molar-refractivity contribution is 0.0521. The highest BCUT2D eigenvalue weighted by atomic mass is 32.2. The Hall–Kier alpha value is -1.17. The summed E-state index contributed by atoms with van der Waals surface area (Å²) in [6.07, 6.45) is 1.77. The van der Waals surface area contributed by atoms with Crippen LogP contribution in [0.4, 0.5) is 0 Å². The Kier molecular flexibility index (Phi) is 6.58. The van der Waals surface area contributed by atoms with Crippen LogP contribution in [0.3, 0.4) is 0 Å². The number of aliphatic hydroxyl groups excluding tert-OH is 1. The van der Waals surface area contributed by atoms with Crippen LogP contribution in [-0.4, -0.2) is 26.2 Å². The molecule has 0 amide bonds. The predicted octanol–water partition coefficient (Wildman–Crippen LogP) is 2.91. The second kappa shape index (κ2) is 7.73. The van der Waals surface area contributed by atoms with Crippen LogP contribution >= 0.6 is 0 Å². The van der Waals surface area contributed by atoms with Gasteiger partial charge < -0.3 is 5.11 Å². The van der Waals surface area contributed by atoms with Gasteiger partial charge in [-0.3, -0.25) is 4.18 Å². The lowest BCUT2D eigenvalue weighted by Crippen LogP contribution is -2.29. The van der Waals surface area contributed by atoms with Crippen LogP contribution in [0.1, 0.15) is 25.8 Å². The van der Waals surface area contributed by atoms with Gasteiger partial charge >= 0.3 is 0 Å². The van der Waals surface area contributed by atoms with Crippen LogP contribution < -0.4 is 0 Å². The number of aryl methyl sites for hydroxylation is 1. The fourth-order valence-electron chi connectivity index (χ4n) is 2.04. The van der Waals surface area contributed by atoms with Crippen LogP contribution in [0.2, 0.25) is 0 Å². The summed E-state index contributed by atoms with van der Waals surface area (Å²) in [5.41, 5.74) is 0.981. The van der Waals surface area contributed by atoms with Crippen molar-refractivity contribution in [3.05, 3.63) is 42.5 Å². The molecule has 0 aliphatic heterocycles. The molecule has 0 aliphatic carbocycles. The lowest BCUT2D eigenvalue weighted by Gasteiger charge is -2.24. The number of rotatable bonds is 8. The smallest absolute Gasteiger partial charge is 0.296 e. The van der Waals surface area contributed by atoms with Gasteiger partial charge in [-0.15, -0.1) is 6.58 Å². The van der Waals surface area contributed by atoms with Gasteiger partial charge in [0.05, 0.1) is 17.6 Å². The maximum absolute atomic E-state index is 12.1. The molecular weight excluding hydrogens is 288 g/mol. The summed E-state index contributed by atoms with van der Waals surface area (Å²) in [5.74, 6) is -0.362. The van der Waals surface area contributed by atoms with E-state index in [-0.39, 0.29) is 23.3 Å². The molecule has 4 nitrogen and oxygen atoms in total. The molecule has 3 atom stereocenters. The molecule has 0 fully saturated rings. The van der Waals surface area contributed by atoms with E-state index in [1.165, 1.54) is 12.1 Å². The van der Waals surface area contributed by atoms with E-state index in [0.717, 1.165) is 12.0 Å². The molecule has 1 aromatic rings. The summed E-state index contributed by atoms with van der Waals surface area (Å²) in [6.45, 7) is 9.23. The van der Waals surface area contributed by atoms with Crippen LogP contribution in [0, 0.1) is 18.8 Å². The Morgan fingerprint density at radius 1 is 1.33 bits per heavy atom. The van der Waals surface area contributed by atoms with Crippen molar-refractivity contribution in [2.75, 3.05) is 6.61 Å². The average molecular weight is 312 g/mol. The van der Waals surface area contributed by atoms with Crippen molar-refractivity contribution in [1.82, 2.24) is 0 Å². The Balaban J connectivity index is 2.69. The third-order valence-corrected chi connectivity index (χ3v) is 4.89. The van der Waals surface area contributed by atoms with Crippen LogP contribution in [-0.2, 0) is 14.3 Å². The van der Waals surface area contributed by atoms with Gasteiger partial charge in [-0.25, -0.2) is 0 Å². The Morgan fingerprint density at radius 3 is 2.38 bits per heavy atom. The summed E-state index contributed by atoms with van der Waals surface area (Å²) in [4.78, 5) is 0.130. The number of aliphatic hydroxyl groups is 1. The van der Waals surface area contributed by atoms with E-state index in [0.29, 0.717) is 0 Å². The third kappa shape index (κ3) is 4.95. The van der Waals surface area contributed by atoms with Gasteiger partial charge in [0.2, 0.25) is 0 Å². The minimum absolute atomic E-state index is 0.0539. The molecule has 0 aliphatic rings. The van der Waals surface area contributed by atoms with Crippen LogP contribution in [0.25, 0.3) is 0 Å². The molecule has 0 aromatic heterocycles. The van der Waals surface area contributed by atoms with E-state index in [2.05, 4.69) is 6.58 Å². The van der Waals surface area contributed by atoms with Gasteiger partial charge in [0.15, 0.2) is 0 Å². The first-order chi connectivity index (χ1) is 9.81. The number of hydrogen-bond donors (Lipinski definition) is 1. The van der Waals surface area contributed by atoms with Crippen molar-refractivity contribution in [2.45, 2.75) is 38.2 Å². The van der Waals surface area contributed by atoms with Gasteiger partial charge in [0, 0.05) is 11.8 Å². The predicted molar refractivity (Wildman–Crippen MR) is 83.5 cm³/mol. The minimum atomic E-state index is -3.78. The topological polar surface area (TPSA) is 63.6 Å². The van der Waals surface area contributed by atoms with Crippen LogP contribution in [0.15, 0.2) is 41.8 Å². The molecule has 0 saturated carbocycles. The summed E-state index contributed by atoms with van der Waals surface area (Å²) in [6, 6.07) is 6.48. The molecule has 0 saturated heterocycles. The van der Waals surface area contributed by atoms with E-state index >= 15 is 0 Å². The third-order valence-electron chi connectivity index (χ3n) is 3.59. The van der Waals surface area contributed by atoms with Gasteiger partial charge in [-0.2, -0.15) is 8.42 Å². The first-order valence-electron chi connectivity index (χ1n) is 7.08. The standard InChI is InChI=1S/C16H24O4S/c1-5-14(6-2)16(17)13(4)11-20-21(18,19)15-9-7-12(3)8-10-15/h5,7-10,13-14,16-17H,1,6,11H2,2-4H3/t13-,14+,16-/m0/s1. The summed E-state index contributed by atoms with van der Waals surface area (Å²) < 4.78 is 29.2. The summed E-state index contributed by atoms with van der Waals surface area (Å²) in [7, 11) is -3.78. The van der Waals surface area contributed by atoms with Crippen molar-refractivity contribution < 1.29 is 17.7 Å². The first kappa shape index (κ1) is 17.9. The van der Waals surface area contributed by atoms with Gasteiger partial charge in [0.1, 0.15) is 0 Å². The Bertz CT molecular complexity index is 548. The van der Waals surface area contributed by atoms with E-state index < -0.39 is 16.2 Å². The fourth-order valence-corrected chi connectivity index (χ4v) is 3.04. The molecule has 1 aromatic carbocycles. The van der Waals surface area contributed by atoms with Gasteiger partial charge in [-0.1, -0.05) is 37.6 Å². The second-order valence-corrected chi connectivity index (χ2v) is 6.94. The second-order valence-electron chi connectivity index (χ2n) is 5.33. The van der Waals surface area contributed by atoms with E-state index in [1.54, 1.807) is 25.1 Å². The molecular formula is C16H24O4S. The van der Waals surface area contributed by atoms with E-state index in [9.17, 15) is 13.5 Å². The normalized spacial score (nSPS) is 16.2. The fraction of sp³-hybridized carbons (Fsp3) is 0.500. The maximum Gasteiger partial charge on any atom is 0.296 e. The lowest BCUT2D eigenvalue weighted by atomic mass is 9.91. The molecule has 1 rings (SSSR count). The highest BCUT2D eigenvalue weighted by Gasteiger charge is 2.24. The summed E-state index contributed by atoms with van der Waals surface area (Å²) >= 11 is 0.